The molecule has 0 spiro atoms. The van der Waals surface area contributed by atoms with Gasteiger partial charge in [0.2, 0.25) is 11.8 Å². The van der Waals surface area contributed by atoms with Gasteiger partial charge in [0.25, 0.3) is 11.8 Å². The zero-order valence-corrected chi connectivity index (χ0v) is 18.4. The van der Waals surface area contributed by atoms with Gasteiger partial charge in [-0.25, -0.2) is 0 Å². The molecule has 1 atom stereocenters. The number of hydrogen-bond donors (Lipinski definition) is 2. The first-order valence-corrected chi connectivity index (χ1v) is 10.7. The standard InChI is InChI=1S/C22H29N3O5.ClH/c23-13-6-4-2-1-3-5-7-14-30-17-10-8-9-15-19(17)22(29)25(21(15)28)16-11-12-18(26)24-20(16)27;/h8-10,16H,1-7,11-14,23H2,(H,24,26,27);1H. The Bertz CT molecular complexity index is 829. The molecular formula is C22H30ClN3O5. The Labute approximate surface area is 188 Å². The first kappa shape index (κ1) is 24.8. The number of benzene rings is 1. The van der Waals surface area contributed by atoms with Crippen LogP contribution < -0.4 is 15.8 Å². The number of fused-ring (bicyclic) bond motifs is 1. The summed E-state index contributed by atoms with van der Waals surface area (Å²) in [5.74, 6) is -1.71. The topological polar surface area (TPSA) is 119 Å². The van der Waals surface area contributed by atoms with Crippen LogP contribution in [0.3, 0.4) is 0 Å². The van der Waals surface area contributed by atoms with Crippen LogP contribution in [-0.2, 0) is 9.59 Å². The second-order valence-electron chi connectivity index (χ2n) is 7.74. The summed E-state index contributed by atoms with van der Waals surface area (Å²) in [5.41, 5.74) is 5.93. The molecule has 0 bridgehead atoms. The van der Waals surface area contributed by atoms with Crippen molar-refractivity contribution in [3.05, 3.63) is 29.3 Å². The highest BCUT2D eigenvalue weighted by Crippen LogP contribution is 2.33. The Hall–Kier alpha value is -2.45. The average molecular weight is 452 g/mol. The highest BCUT2D eigenvalue weighted by molar-refractivity contribution is 6.24. The van der Waals surface area contributed by atoms with Gasteiger partial charge in [0.1, 0.15) is 11.8 Å². The number of halogens is 1. The Balaban J connectivity index is 0.00000341. The summed E-state index contributed by atoms with van der Waals surface area (Å²) in [4.78, 5) is 50.3. The third-order valence-electron chi connectivity index (χ3n) is 5.54. The van der Waals surface area contributed by atoms with Gasteiger partial charge in [0.15, 0.2) is 0 Å². The number of piperidine rings is 1. The van der Waals surface area contributed by atoms with Gasteiger partial charge in [-0.15, -0.1) is 12.4 Å². The molecule has 3 rings (SSSR count). The normalized spacial score (nSPS) is 18.0. The molecule has 0 aliphatic carbocycles. The molecule has 2 heterocycles. The van der Waals surface area contributed by atoms with Crippen LogP contribution >= 0.6 is 12.4 Å². The maximum Gasteiger partial charge on any atom is 0.266 e. The number of carbonyl (C=O) groups is 4. The second-order valence-corrected chi connectivity index (χ2v) is 7.74. The van der Waals surface area contributed by atoms with Crippen molar-refractivity contribution < 1.29 is 23.9 Å². The fraction of sp³-hybridized carbons (Fsp3) is 0.545. The second kappa shape index (κ2) is 11.8. The van der Waals surface area contributed by atoms with Gasteiger partial charge in [-0.2, -0.15) is 0 Å². The van der Waals surface area contributed by atoms with Gasteiger partial charge in [0.05, 0.1) is 17.7 Å². The van der Waals surface area contributed by atoms with Crippen LogP contribution in [0.1, 0.15) is 78.5 Å². The van der Waals surface area contributed by atoms with Crippen LogP contribution in [0.15, 0.2) is 18.2 Å². The number of nitrogens with zero attached hydrogens (tertiary/aromatic N) is 1. The minimum absolute atomic E-state index is 0. The first-order valence-electron chi connectivity index (χ1n) is 10.7. The van der Waals surface area contributed by atoms with E-state index in [1.165, 1.54) is 19.3 Å². The Morgan fingerprint density at radius 2 is 1.65 bits per heavy atom. The summed E-state index contributed by atoms with van der Waals surface area (Å²) in [6, 6.07) is 3.94. The van der Waals surface area contributed by atoms with Gasteiger partial charge in [-0.3, -0.25) is 29.4 Å². The molecule has 0 radical (unpaired) electrons. The third kappa shape index (κ3) is 5.83. The van der Waals surface area contributed by atoms with E-state index in [0.717, 1.165) is 37.1 Å². The van der Waals surface area contributed by atoms with Gasteiger partial charge in [-0.05, 0) is 37.9 Å². The van der Waals surface area contributed by atoms with E-state index >= 15 is 0 Å². The molecule has 170 valence electrons. The molecule has 1 aromatic rings. The molecule has 0 saturated carbocycles. The molecule has 1 saturated heterocycles. The van der Waals surface area contributed by atoms with E-state index < -0.39 is 29.7 Å². The van der Waals surface area contributed by atoms with Gasteiger partial charge in [0, 0.05) is 6.42 Å². The lowest BCUT2D eigenvalue weighted by molar-refractivity contribution is -0.136. The first-order chi connectivity index (χ1) is 14.5. The Kier molecular flexibility index (Phi) is 9.45. The van der Waals surface area contributed by atoms with Crippen molar-refractivity contribution in [3.8, 4) is 5.75 Å². The summed E-state index contributed by atoms with van der Waals surface area (Å²) in [6.45, 7) is 1.20. The SMILES string of the molecule is Cl.NCCCCCCCCCOc1cccc2c1C(=O)N(C1CCC(=O)NC1=O)C2=O. The molecule has 2 aliphatic heterocycles. The summed E-state index contributed by atoms with van der Waals surface area (Å²) >= 11 is 0. The van der Waals surface area contributed by atoms with Gasteiger partial charge >= 0.3 is 0 Å². The molecule has 9 heteroatoms. The summed E-state index contributed by atoms with van der Waals surface area (Å²) in [7, 11) is 0. The van der Waals surface area contributed by atoms with E-state index in [0.29, 0.717) is 12.4 Å². The fourth-order valence-electron chi connectivity index (χ4n) is 3.92. The van der Waals surface area contributed by atoms with Crippen LogP contribution in [-0.4, -0.2) is 47.7 Å². The van der Waals surface area contributed by atoms with Gasteiger partial charge < -0.3 is 10.5 Å². The van der Waals surface area contributed by atoms with Crippen molar-refractivity contribution in [2.24, 2.45) is 5.73 Å². The van der Waals surface area contributed by atoms with E-state index in [-0.39, 0.29) is 36.4 Å². The number of hydrogen-bond acceptors (Lipinski definition) is 6. The molecule has 1 unspecified atom stereocenters. The van der Waals surface area contributed by atoms with E-state index in [1.807, 2.05) is 0 Å². The van der Waals surface area contributed by atoms with Crippen molar-refractivity contribution in [2.45, 2.75) is 63.8 Å². The van der Waals surface area contributed by atoms with Crippen LogP contribution in [0.5, 0.6) is 5.75 Å². The van der Waals surface area contributed by atoms with Crippen molar-refractivity contribution in [1.29, 1.82) is 0 Å². The lowest BCUT2D eigenvalue weighted by Crippen LogP contribution is -2.54. The lowest BCUT2D eigenvalue weighted by Gasteiger charge is -2.27. The van der Waals surface area contributed by atoms with Crippen LogP contribution in [0.2, 0.25) is 0 Å². The van der Waals surface area contributed by atoms with Crippen LogP contribution in [0.4, 0.5) is 0 Å². The number of imide groups is 2. The van der Waals surface area contributed by atoms with E-state index in [1.54, 1.807) is 18.2 Å². The Morgan fingerprint density at radius 1 is 0.968 bits per heavy atom. The van der Waals surface area contributed by atoms with Crippen molar-refractivity contribution in [3.63, 3.8) is 0 Å². The number of rotatable bonds is 11. The minimum Gasteiger partial charge on any atom is -0.493 e. The van der Waals surface area contributed by atoms with E-state index in [9.17, 15) is 19.2 Å². The van der Waals surface area contributed by atoms with E-state index in [2.05, 4.69) is 5.32 Å². The van der Waals surface area contributed by atoms with Crippen molar-refractivity contribution >= 4 is 36.0 Å². The highest BCUT2D eigenvalue weighted by atomic mass is 35.5. The zero-order valence-electron chi connectivity index (χ0n) is 17.6. The molecular weight excluding hydrogens is 422 g/mol. The summed E-state index contributed by atoms with van der Waals surface area (Å²) in [6.07, 6.45) is 7.87. The van der Waals surface area contributed by atoms with Crippen LogP contribution in [0.25, 0.3) is 0 Å². The molecule has 3 N–H and O–H groups in total. The lowest BCUT2D eigenvalue weighted by atomic mass is 10.0. The third-order valence-corrected chi connectivity index (χ3v) is 5.54. The molecule has 1 fully saturated rings. The van der Waals surface area contributed by atoms with Crippen LogP contribution in [0, 0.1) is 0 Å². The smallest absolute Gasteiger partial charge is 0.266 e. The van der Waals surface area contributed by atoms with Gasteiger partial charge in [-0.1, -0.05) is 38.2 Å². The highest BCUT2D eigenvalue weighted by Gasteiger charge is 2.45. The number of nitrogens with one attached hydrogen (secondary N) is 1. The molecule has 4 amide bonds. The molecule has 31 heavy (non-hydrogen) atoms. The van der Waals surface area contributed by atoms with E-state index in [4.69, 9.17) is 10.5 Å². The number of amides is 4. The zero-order chi connectivity index (χ0) is 21.5. The number of ether oxygens (including phenoxy) is 1. The largest absolute Gasteiger partial charge is 0.493 e. The maximum atomic E-state index is 13.0. The molecule has 0 aromatic heterocycles. The molecule has 1 aromatic carbocycles. The average Bonchev–Trinajstić information content (AvgIpc) is 2.98. The number of nitrogens with two attached hydrogens (primary N) is 1. The predicted molar refractivity (Wildman–Crippen MR) is 117 cm³/mol. The monoisotopic (exact) mass is 451 g/mol. The molecule has 2 aliphatic rings. The maximum absolute atomic E-state index is 13.0. The van der Waals surface area contributed by atoms with Crippen molar-refractivity contribution in [2.75, 3.05) is 13.2 Å². The predicted octanol–water partition coefficient (Wildman–Crippen LogP) is 2.58. The van der Waals surface area contributed by atoms with Crippen molar-refractivity contribution in [1.82, 2.24) is 10.2 Å². The number of carbonyl (C=O) groups excluding carboxylic acids is 4. The Morgan fingerprint density at radius 3 is 2.32 bits per heavy atom. The summed E-state index contributed by atoms with van der Waals surface area (Å²) in [5, 5.41) is 2.20. The quantitative estimate of drug-likeness (QED) is 0.394. The number of unbranched alkanes of at least 4 members (excludes halogenated alkanes) is 6. The summed E-state index contributed by atoms with van der Waals surface area (Å²) < 4.78 is 5.82. The fourth-order valence-corrected chi connectivity index (χ4v) is 3.92. The minimum atomic E-state index is -0.970. The molecule has 8 nitrogen and oxygen atoms in total.